The van der Waals surface area contributed by atoms with Crippen LogP contribution in [0.3, 0.4) is 0 Å². The molecule has 3 rings (SSSR count). The lowest BCUT2D eigenvalue weighted by molar-refractivity contribution is -0.137. The second kappa shape index (κ2) is 6.83. The van der Waals surface area contributed by atoms with E-state index in [1.165, 1.54) is 6.07 Å². The maximum absolute atomic E-state index is 12.9. The zero-order valence-electron chi connectivity index (χ0n) is 12.8. The Balaban J connectivity index is 1.89. The number of aromatic nitrogens is 2. The van der Waals surface area contributed by atoms with E-state index < -0.39 is 11.7 Å². The zero-order valence-corrected chi connectivity index (χ0v) is 12.8. The van der Waals surface area contributed by atoms with Crippen molar-refractivity contribution in [3.63, 3.8) is 0 Å². The molecule has 0 saturated carbocycles. The van der Waals surface area contributed by atoms with Crippen molar-refractivity contribution in [3.05, 3.63) is 83.8 Å². The van der Waals surface area contributed by atoms with Crippen molar-refractivity contribution in [3.8, 4) is 11.3 Å². The number of alkyl halides is 3. The van der Waals surface area contributed by atoms with Crippen molar-refractivity contribution < 1.29 is 13.2 Å². The van der Waals surface area contributed by atoms with Gasteiger partial charge in [0.05, 0.1) is 11.3 Å². The van der Waals surface area contributed by atoms with Gasteiger partial charge in [-0.3, -0.25) is 9.97 Å². The number of rotatable bonds is 4. The Hall–Kier alpha value is -2.69. The van der Waals surface area contributed by atoms with E-state index in [-0.39, 0.29) is 0 Å². The van der Waals surface area contributed by atoms with Crippen LogP contribution in [0.5, 0.6) is 0 Å². The van der Waals surface area contributed by atoms with E-state index in [0.29, 0.717) is 24.1 Å². The van der Waals surface area contributed by atoms with Crippen molar-refractivity contribution in [1.29, 1.82) is 0 Å². The second-order valence-corrected chi connectivity index (χ2v) is 5.41. The first-order valence-electron chi connectivity index (χ1n) is 7.55. The molecule has 1 aromatic carbocycles. The summed E-state index contributed by atoms with van der Waals surface area (Å²) in [7, 11) is 0. The molecular weight excluding hydrogens is 313 g/mol. The molecular formula is C19H15F3N2. The molecule has 2 aromatic heterocycles. The van der Waals surface area contributed by atoms with Crippen LogP contribution in [0.4, 0.5) is 13.2 Å². The standard InChI is InChI=1S/C19H15F3N2/c20-19(21,22)16-7-3-5-15(13-16)18-14(6-4-12-24-18)9-10-17-8-1-2-11-23-17/h1-8,11-13H,9-10H2. The molecule has 5 heteroatoms. The van der Waals surface area contributed by atoms with Crippen LogP contribution in [-0.2, 0) is 19.0 Å². The van der Waals surface area contributed by atoms with Gasteiger partial charge in [-0.2, -0.15) is 13.2 Å². The first-order chi connectivity index (χ1) is 11.5. The molecule has 24 heavy (non-hydrogen) atoms. The average Bonchev–Trinajstić information content (AvgIpc) is 2.60. The maximum Gasteiger partial charge on any atom is 0.416 e. The molecule has 2 heterocycles. The van der Waals surface area contributed by atoms with Crippen LogP contribution >= 0.6 is 0 Å². The van der Waals surface area contributed by atoms with E-state index in [0.717, 1.165) is 23.4 Å². The molecule has 3 aromatic rings. The summed E-state index contributed by atoms with van der Waals surface area (Å²) in [6.07, 6.45) is 0.333. The highest BCUT2D eigenvalue weighted by Gasteiger charge is 2.30. The SMILES string of the molecule is FC(F)(F)c1cccc(-c2ncccc2CCc2ccccn2)c1. The quantitative estimate of drug-likeness (QED) is 0.677. The van der Waals surface area contributed by atoms with Gasteiger partial charge in [0.25, 0.3) is 0 Å². The molecule has 2 nitrogen and oxygen atoms in total. The highest BCUT2D eigenvalue weighted by molar-refractivity contribution is 5.64. The minimum absolute atomic E-state index is 0.474. The fraction of sp³-hybridized carbons (Fsp3) is 0.158. The molecule has 0 N–H and O–H groups in total. The summed E-state index contributed by atoms with van der Waals surface area (Å²) < 4.78 is 38.8. The van der Waals surface area contributed by atoms with Gasteiger partial charge in [-0.15, -0.1) is 0 Å². The van der Waals surface area contributed by atoms with Gasteiger partial charge in [0.1, 0.15) is 0 Å². The molecule has 0 saturated heterocycles. The van der Waals surface area contributed by atoms with Gasteiger partial charge in [0, 0.05) is 23.7 Å². The predicted molar refractivity (Wildman–Crippen MR) is 86.3 cm³/mol. The topological polar surface area (TPSA) is 25.8 Å². The molecule has 0 radical (unpaired) electrons. The lowest BCUT2D eigenvalue weighted by atomic mass is 9.99. The summed E-state index contributed by atoms with van der Waals surface area (Å²) in [4.78, 5) is 8.57. The third kappa shape index (κ3) is 3.79. The van der Waals surface area contributed by atoms with Gasteiger partial charge in [-0.25, -0.2) is 0 Å². The van der Waals surface area contributed by atoms with E-state index >= 15 is 0 Å². The summed E-state index contributed by atoms with van der Waals surface area (Å²) in [6, 6.07) is 14.7. The van der Waals surface area contributed by atoms with Gasteiger partial charge >= 0.3 is 6.18 Å². The van der Waals surface area contributed by atoms with Crippen LogP contribution < -0.4 is 0 Å². The number of hydrogen-bond donors (Lipinski definition) is 0. The minimum Gasteiger partial charge on any atom is -0.261 e. The van der Waals surface area contributed by atoms with Gasteiger partial charge in [0.15, 0.2) is 0 Å². The van der Waals surface area contributed by atoms with Crippen molar-refractivity contribution in [1.82, 2.24) is 9.97 Å². The van der Waals surface area contributed by atoms with Crippen LogP contribution in [-0.4, -0.2) is 9.97 Å². The second-order valence-electron chi connectivity index (χ2n) is 5.41. The highest BCUT2D eigenvalue weighted by atomic mass is 19.4. The van der Waals surface area contributed by atoms with Gasteiger partial charge in [-0.05, 0) is 48.7 Å². The number of aryl methyl sites for hydroxylation is 2. The van der Waals surface area contributed by atoms with Crippen LogP contribution in [0.25, 0.3) is 11.3 Å². The molecule has 0 amide bonds. The fourth-order valence-electron chi connectivity index (χ4n) is 2.55. The molecule has 0 aliphatic rings. The Labute approximate surface area is 138 Å². The average molecular weight is 328 g/mol. The third-order valence-electron chi connectivity index (χ3n) is 3.73. The predicted octanol–water partition coefficient (Wildman–Crippen LogP) is 4.95. The Morgan fingerprint density at radius 3 is 2.38 bits per heavy atom. The number of nitrogens with zero attached hydrogens (tertiary/aromatic N) is 2. The molecule has 0 spiro atoms. The zero-order chi connectivity index (χ0) is 17.0. The third-order valence-corrected chi connectivity index (χ3v) is 3.73. The number of benzene rings is 1. The molecule has 0 aliphatic carbocycles. The Morgan fingerprint density at radius 1 is 0.792 bits per heavy atom. The monoisotopic (exact) mass is 328 g/mol. The van der Waals surface area contributed by atoms with E-state index in [1.54, 1.807) is 24.5 Å². The first-order valence-corrected chi connectivity index (χ1v) is 7.55. The van der Waals surface area contributed by atoms with Crippen LogP contribution in [0.15, 0.2) is 67.0 Å². The fourth-order valence-corrected chi connectivity index (χ4v) is 2.55. The van der Waals surface area contributed by atoms with E-state index in [2.05, 4.69) is 9.97 Å². The maximum atomic E-state index is 12.9. The van der Waals surface area contributed by atoms with E-state index in [4.69, 9.17) is 0 Å². The number of halogens is 3. The van der Waals surface area contributed by atoms with Gasteiger partial charge < -0.3 is 0 Å². The smallest absolute Gasteiger partial charge is 0.261 e. The van der Waals surface area contributed by atoms with Crippen LogP contribution in [0.2, 0.25) is 0 Å². The molecule has 0 bridgehead atoms. The van der Waals surface area contributed by atoms with E-state index in [1.807, 2.05) is 24.3 Å². The normalized spacial score (nSPS) is 11.5. The Kier molecular flexibility index (Phi) is 4.60. The first kappa shape index (κ1) is 16.2. The number of hydrogen-bond acceptors (Lipinski definition) is 2. The molecule has 0 atom stereocenters. The van der Waals surface area contributed by atoms with Gasteiger partial charge in [0.2, 0.25) is 0 Å². The molecule has 0 aliphatic heterocycles. The summed E-state index contributed by atoms with van der Waals surface area (Å²) in [5.74, 6) is 0. The molecule has 0 unspecified atom stereocenters. The van der Waals surface area contributed by atoms with Crippen LogP contribution in [0.1, 0.15) is 16.8 Å². The lowest BCUT2D eigenvalue weighted by Crippen LogP contribution is -2.05. The lowest BCUT2D eigenvalue weighted by Gasteiger charge is -2.11. The summed E-state index contributed by atoms with van der Waals surface area (Å²) in [5.41, 5.74) is 2.24. The summed E-state index contributed by atoms with van der Waals surface area (Å²) in [6.45, 7) is 0. The number of pyridine rings is 2. The highest BCUT2D eigenvalue weighted by Crippen LogP contribution is 2.32. The Morgan fingerprint density at radius 2 is 1.62 bits per heavy atom. The molecule has 122 valence electrons. The summed E-state index contributed by atoms with van der Waals surface area (Å²) in [5, 5.41) is 0. The van der Waals surface area contributed by atoms with Crippen molar-refractivity contribution in [2.75, 3.05) is 0 Å². The minimum atomic E-state index is -4.36. The largest absolute Gasteiger partial charge is 0.416 e. The van der Waals surface area contributed by atoms with Crippen molar-refractivity contribution >= 4 is 0 Å². The van der Waals surface area contributed by atoms with Crippen LogP contribution in [0, 0.1) is 0 Å². The molecule has 0 fully saturated rings. The van der Waals surface area contributed by atoms with Gasteiger partial charge in [-0.1, -0.05) is 24.3 Å². The van der Waals surface area contributed by atoms with E-state index in [9.17, 15) is 13.2 Å². The van der Waals surface area contributed by atoms with Crippen molar-refractivity contribution in [2.24, 2.45) is 0 Å². The van der Waals surface area contributed by atoms with Crippen molar-refractivity contribution in [2.45, 2.75) is 19.0 Å². The Bertz CT molecular complexity index is 814. The summed E-state index contributed by atoms with van der Waals surface area (Å²) >= 11 is 0.